The first-order valence-electron chi connectivity index (χ1n) is 5.02. The van der Waals surface area contributed by atoms with Gasteiger partial charge in [-0.05, 0) is 12.1 Å². The summed E-state index contributed by atoms with van der Waals surface area (Å²) < 4.78 is 13.7. The van der Waals surface area contributed by atoms with E-state index in [-0.39, 0.29) is 18.2 Å². The van der Waals surface area contributed by atoms with E-state index in [0.29, 0.717) is 0 Å². The lowest BCUT2D eigenvalue weighted by Gasteiger charge is -2.37. The number of halogens is 2. The molecule has 2 nitrogen and oxygen atoms in total. The lowest BCUT2D eigenvalue weighted by Crippen LogP contribution is -3.00. The van der Waals surface area contributed by atoms with Gasteiger partial charge in [0.05, 0.1) is 20.1 Å². The van der Waals surface area contributed by atoms with Crippen molar-refractivity contribution in [2.24, 2.45) is 0 Å². The Morgan fingerprint density at radius 2 is 1.67 bits per heavy atom. The maximum Gasteiger partial charge on any atom is 0.132 e. The fraction of sp³-hybridized carbons (Fsp3) is 0.455. The van der Waals surface area contributed by atoms with Crippen molar-refractivity contribution in [1.82, 2.24) is 9.80 Å². The Morgan fingerprint density at radius 1 is 1.13 bits per heavy atom. The first-order valence-corrected chi connectivity index (χ1v) is 5.02. The molecule has 84 valence electrons. The lowest BCUT2D eigenvalue weighted by atomic mass is 10.2. The maximum absolute atomic E-state index is 12.8. The van der Waals surface area contributed by atoms with Crippen LogP contribution in [0, 0.1) is 5.82 Å². The van der Waals surface area contributed by atoms with Gasteiger partial charge in [-0.3, -0.25) is 4.48 Å². The van der Waals surface area contributed by atoms with Crippen LogP contribution in [0.1, 0.15) is 0 Å². The number of nitrogens with zero attached hydrogens (tertiary/aromatic N) is 1. The Labute approximate surface area is 96.1 Å². The second-order valence-corrected chi connectivity index (χ2v) is 4.07. The van der Waals surface area contributed by atoms with E-state index >= 15 is 0 Å². The fourth-order valence-electron chi connectivity index (χ4n) is 1.95. The number of likely N-dealkylation sites (N-methyl/N-ethyl adjacent to an activating group) is 1. The molecule has 15 heavy (non-hydrogen) atoms. The van der Waals surface area contributed by atoms with Crippen LogP contribution in [0.4, 0.5) is 10.1 Å². The summed E-state index contributed by atoms with van der Waals surface area (Å²) in [7, 11) is 2.20. The van der Waals surface area contributed by atoms with Crippen molar-refractivity contribution >= 4 is 5.69 Å². The van der Waals surface area contributed by atoms with Crippen molar-refractivity contribution in [1.29, 1.82) is 0 Å². The van der Waals surface area contributed by atoms with E-state index in [9.17, 15) is 4.39 Å². The van der Waals surface area contributed by atoms with E-state index in [4.69, 9.17) is 0 Å². The molecule has 0 saturated carbocycles. The SMILES string of the molecule is C[N+]1(c2ccc(F)cc2)CCNCC1.[Cl-]. The van der Waals surface area contributed by atoms with Gasteiger partial charge in [0.15, 0.2) is 0 Å². The highest BCUT2D eigenvalue weighted by atomic mass is 35.5. The standard InChI is InChI=1S/C11H16FN2.ClH/c1-14(8-6-13-7-9-14)11-4-2-10(12)3-5-11;/h2-5,13H,6-9H2,1H3;1H/q+1;/p-1. The maximum atomic E-state index is 12.8. The van der Waals surface area contributed by atoms with Crippen molar-refractivity contribution in [2.75, 3.05) is 33.2 Å². The predicted molar refractivity (Wildman–Crippen MR) is 56.7 cm³/mol. The molecule has 1 aliphatic heterocycles. The van der Waals surface area contributed by atoms with Gasteiger partial charge in [-0.2, -0.15) is 0 Å². The van der Waals surface area contributed by atoms with E-state index in [1.54, 1.807) is 12.1 Å². The van der Waals surface area contributed by atoms with Crippen molar-refractivity contribution in [3.8, 4) is 0 Å². The topological polar surface area (TPSA) is 12.0 Å². The summed E-state index contributed by atoms with van der Waals surface area (Å²) in [6, 6.07) is 6.86. The molecule has 2 rings (SSSR count). The van der Waals surface area contributed by atoms with Crippen LogP contribution in [0.5, 0.6) is 0 Å². The van der Waals surface area contributed by atoms with Crippen LogP contribution in [0.25, 0.3) is 0 Å². The minimum Gasteiger partial charge on any atom is -1.00 e. The second kappa shape index (κ2) is 4.92. The Kier molecular flexibility index (Phi) is 4.08. The van der Waals surface area contributed by atoms with Gasteiger partial charge < -0.3 is 17.7 Å². The summed E-state index contributed by atoms with van der Waals surface area (Å²) in [6.07, 6.45) is 0. The summed E-state index contributed by atoms with van der Waals surface area (Å²) in [5.74, 6) is -0.157. The summed E-state index contributed by atoms with van der Waals surface area (Å²) in [5, 5.41) is 3.33. The summed E-state index contributed by atoms with van der Waals surface area (Å²) in [5.41, 5.74) is 1.20. The molecule has 1 aromatic carbocycles. The van der Waals surface area contributed by atoms with Crippen molar-refractivity contribution in [3.63, 3.8) is 0 Å². The molecule has 0 unspecified atom stereocenters. The average Bonchev–Trinajstić information content (AvgIpc) is 2.19. The molecule has 1 saturated heterocycles. The van der Waals surface area contributed by atoms with E-state index in [0.717, 1.165) is 30.7 Å². The van der Waals surface area contributed by atoms with Gasteiger partial charge in [-0.25, -0.2) is 4.39 Å². The molecule has 1 aliphatic rings. The van der Waals surface area contributed by atoms with Crippen molar-refractivity contribution in [3.05, 3.63) is 30.1 Å². The first-order chi connectivity index (χ1) is 6.71. The molecule has 0 aromatic heterocycles. The Bertz CT molecular complexity index is 307. The van der Waals surface area contributed by atoms with Crippen LogP contribution in [-0.4, -0.2) is 33.2 Å². The number of benzene rings is 1. The first kappa shape index (κ1) is 12.4. The highest BCUT2D eigenvalue weighted by Gasteiger charge is 2.26. The number of hydrogen-bond donors (Lipinski definition) is 1. The molecular formula is C11H16ClFN2. The zero-order valence-corrected chi connectivity index (χ0v) is 9.60. The van der Waals surface area contributed by atoms with Gasteiger partial charge in [0, 0.05) is 25.2 Å². The Hall–Kier alpha value is -0.640. The summed E-state index contributed by atoms with van der Waals surface area (Å²) >= 11 is 0. The third kappa shape index (κ3) is 2.68. The minimum atomic E-state index is -0.157. The Morgan fingerprint density at radius 3 is 2.20 bits per heavy atom. The lowest BCUT2D eigenvalue weighted by molar-refractivity contribution is -0.00000365. The summed E-state index contributed by atoms with van der Waals surface area (Å²) in [6.45, 7) is 4.22. The fourth-order valence-corrected chi connectivity index (χ4v) is 1.95. The normalized spacial score (nSPS) is 19.3. The van der Waals surface area contributed by atoms with Crippen LogP contribution < -0.4 is 22.2 Å². The average molecular weight is 231 g/mol. The molecule has 0 bridgehead atoms. The van der Waals surface area contributed by atoms with Gasteiger partial charge in [0.25, 0.3) is 0 Å². The van der Waals surface area contributed by atoms with Crippen LogP contribution >= 0.6 is 0 Å². The molecule has 1 heterocycles. The quantitative estimate of drug-likeness (QED) is 0.572. The molecule has 0 aliphatic carbocycles. The Balaban J connectivity index is 0.00000112. The smallest absolute Gasteiger partial charge is 0.132 e. The molecule has 1 aromatic rings. The molecule has 0 amide bonds. The number of rotatable bonds is 1. The van der Waals surface area contributed by atoms with E-state index in [2.05, 4.69) is 12.4 Å². The third-order valence-corrected chi connectivity index (χ3v) is 3.01. The molecule has 1 fully saturated rings. The number of piperazine rings is 1. The summed E-state index contributed by atoms with van der Waals surface area (Å²) in [4.78, 5) is 0. The molecule has 1 N–H and O–H groups in total. The van der Waals surface area contributed by atoms with Gasteiger partial charge in [-0.15, -0.1) is 0 Å². The third-order valence-electron chi connectivity index (χ3n) is 3.01. The van der Waals surface area contributed by atoms with Crippen molar-refractivity contribution < 1.29 is 16.8 Å². The van der Waals surface area contributed by atoms with Crippen LogP contribution in [0.2, 0.25) is 0 Å². The van der Waals surface area contributed by atoms with Gasteiger partial charge in [-0.1, -0.05) is 0 Å². The second-order valence-electron chi connectivity index (χ2n) is 4.07. The zero-order chi connectivity index (χ0) is 10.0. The molecule has 0 spiro atoms. The number of quaternary nitrogens is 1. The van der Waals surface area contributed by atoms with Gasteiger partial charge in [0.2, 0.25) is 0 Å². The highest BCUT2D eigenvalue weighted by Crippen LogP contribution is 2.21. The predicted octanol–water partition coefficient (Wildman–Crippen LogP) is -1.63. The van der Waals surface area contributed by atoms with E-state index in [1.165, 1.54) is 5.69 Å². The number of hydrogen-bond acceptors (Lipinski definition) is 1. The molecule has 0 atom stereocenters. The van der Waals surface area contributed by atoms with E-state index in [1.807, 2.05) is 12.1 Å². The zero-order valence-electron chi connectivity index (χ0n) is 8.84. The van der Waals surface area contributed by atoms with Gasteiger partial charge in [0.1, 0.15) is 11.5 Å². The monoisotopic (exact) mass is 230 g/mol. The van der Waals surface area contributed by atoms with Gasteiger partial charge >= 0.3 is 0 Å². The van der Waals surface area contributed by atoms with Crippen LogP contribution in [0.3, 0.4) is 0 Å². The van der Waals surface area contributed by atoms with Crippen LogP contribution in [-0.2, 0) is 0 Å². The minimum absolute atomic E-state index is 0. The molecular weight excluding hydrogens is 215 g/mol. The highest BCUT2D eigenvalue weighted by molar-refractivity contribution is 5.42. The molecule has 4 heteroatoms. The number of nitrogens with one attached hydrogen (secondary N) is 1. The molecule has 0 radical (unpaired) electrons. The van der Waals surface area contributed by atoms with E-state index < -0.39 is 0 Å². The van der Waals surface area contributed by atoms with Crippen molar-refractivity contribution in [2.45, 2.75) is 0 Å². The largest absolute Gasteiger partial charge is 1.00 e. The van der Waals surface area contributed by atoms with Crippen LogP contribution in [0.15, 0.2) is 24.3 Å².